The number of aromatic hydroxyl groups is 1. The number of hydrogen-bond donors (Lipinski definition) is 2. The zero-order valence-electron chi connectivity index (χ0n) is 18.9. The lowest BCUT2D eigenvalue weighted by Gasteiger charge is -2.35. The minimum Gasteiger partial charge on any atom is -0.508 e. The van der Waals surface area contributed by atoms with Crippen molar-refractivity contribution in [2.45, 2.75) is 11.6 Å². The summed E-state index contributed by atoms with van der Waals surface area (Å²) in [5.74, 6) is -3.59. The van der Waals surface area contributed by atoms with Crippen molar-refractivity contribution in [2.24, 2.45) is 0 Å². The Hall–Kier alpha value is -3.98. The molecule has 4 rings (SSSR count). The zero-order valence-corrected chi connectivity index (χ0v) is 19.6. The van der Waals surface area contributed by atoms with Crippen LogP contribution in [0.5, 0.6) is 5.75 Å². The van der Waals surface area contributed by atoms with Gasteiger partial charge in [-0.15, -0.1) is 0 Å². The van der Waals surface area contributed by atoms with Crippen molar-refractivity contribution in [2.75, 3.05) is 6.54 Å². The van der Waals surface area contributed by atoms with Gasteiger partial charge in [0.2, 0.25) is 0 Å². The summed E-state index contributed by atoms with van der Waals surface area (Å²) in [6.45, 7) is -0.313. The molecule has 0 radical (unpaired) electrons. The molecule has 1 atom stereocenters. The van der Waals surface area contributed by atoms with E-state index in [4.69, 9.17) is 11.6 Å². The van der Waals surface area contributed by atoms with Gasteiger partial charge < -0.3 is 10.4 Å². The van der Waals surface area contributed by atoms with E-state index < -0.39 is 40.3 Å². The molecule has 0 spiro atoms. The molecule has 190 valence electrons. The van der Waals surface area contributed by atoms with Gasteiger partial charge in [-0.05, 0) is 53.6 Å². The number of pyridine rings is 1. The number of nitrogens with one attached hydrogen (secondary N) is 1. The first kappa shape index (κ1) is 26.1. The van der Waals surface area contributed by atoms with Crippen LogP contribution < -0.4 is 5.32 Å². The van der Waals surface area contributed by atoms with Gasteiger partial charge in [0.1, 0.15) is 17.4 Å². The van der Waals surface area contributed by atoms with Gasteiger partial charge in [0, 0.05) is 24.4 Å². The van der Waals surface area contributed by atoms with Crippen molar-refractivity contribution < 1.29 is 31.9 Å². The molecule has 4 nitrogen and oxygen atoms in total. The van der Waals surface area contributed by atoms with Crippen molar-refractivity contribution in [3.05, 3.63) is 130 Å². The second-order valence-corrected chi connectivity index (χ2v) is 8.64. The van der Waals surface area contributed by atoms with E-state index in [1.807, 2.05) is 0 Å². The molecular weight excluding hydrogens is 515 g/mol. The molecule has 2 N–H and O–H groups in total. The highest BCUT2D eigenvalue weighted by Crippen LogP contribution is 2.40. The van der Waals surface area contributed by atoms with Crippen LogP contribution in [0.25, 0.3) is 0 Å². The zero-order chi connectivity index (χ0) is 26.8. The number of halogens is 6. The van der Waals surface area contributed by atoms with Crippen LogP contribution in [0.4, 0.5) is 22.0 Å². The Bertz CT molecular complexity index is 1410. The summed E-state index contributed by atoms with van der Waals surface area (Å²) >= 11 is 6.02. The highest BCUT2D eigenvalue weighted by atomic mass is 35.5. The number of phenols is 1. The van der Waals surface area contributed by atoms with Crippen LogP contribution in [0, 0.1) is 11.6 Å². The summed E-state index contributed by atoms with van der Waals surface area (Å²) < 4.78 is 67.8. The van der Waals surface area contributed by atoms with Gasteiger partial charge in [-0.3, -0.25) is 9.78 Å². The summed E-state index contributed by atoms with van der Waals surface area (Å²) in [4.78, 5) is 17.4. The van der Waals surface area contributed by atoms with Gasteiger partial charge in [0.15, 0.2) is 0 Å². The second-order valence-electron chi connectivity index (χ2n) is 8.21. The Morgan fingerprint density at radius 1 is 0.919 bits per heavy atom. The number of hydrogen-bond acceptors (Lipinski definition) is 3. The van der Waals surface area contributed by atoms with Crippen molar-refractivity contribution in [1.29, 1.82) is 0 Å². The highest BCUT2D eigenvalue weighted by molar-refractivity contribution is 6.30. The topological polar surface area (TPSA) is 62.2 Å². The molecular formula is C27H18ClF5N2O2. The normalized spacial score (nSPS) is 13.1. The maximum atomic E-state index is 14.5. The van der Waals surface area contributed by atoms with E-state index in [0.717, 1.165) is 18.2 Å². The maximum Gasteiger partial charge on any atom is 0.419 e. The van der Waals surface area contributed by atoms with Crippen LogP contribution in [-0.2, 0) is 11.6 Å². The average molecular weight is 533 g/mol. The summed E-state index contributed by atoms with van der Waals surface area (Å²) in [7, 11) is 0. The molecule has 4 aromatic rings. The Morgan fingerprint density at radius 2 is 1.65 bits per heavy atom. The molecule has 10 heteroatoms. The minimum absolute atomic E-state index is 0.210. The molecule has 3 aromatic carbocycles. The van der Waals surface area contributed by atoms with E-state index in [1.165, 1.54) is 18.3 Å². The molecule has 1 heterocycles. The van der Waals surface area contributed by atoms with Gasteiger partial charge >= 0.3 is 6.18 Å². The van der Waals surface area contributed by atoms with Crippen molar-refractivity contribution in [3.63, 3.8) is 0 Å². The number of benzene rings is 3. The third-order valence-electron chi connectivity index (χ3n) is 5.85. The molecule has 0 bridgehead atoms. The number of amides is 1. The number of nitrogens with zero attached hydrogens (tertiary/aromatic N) is 1. The maximum absolute atomic E-state index is 14.5. The van der Waals surface area contributed by atoms with Crippen molar-refractivity contribution in [3.8, 4) is 5.75 Å². The molecule has 0 aliphatic carbocycles. The van der Waals surface area contributed by atoms with E-state index in [-0.39, 0.29) is 17.9 Å². The molecule has 0 aliphatic rings. The molecule has 0 aliphatic heterocycles. The first-order valence-electron chi connectivity index (χ1n) is 10.8. The predicted octanol–water partition coefficient (Wildman–Crippen LogP) is 6.50. The summed E-state index contributed by atoms with van der Waals surface area (Å²) in [6, 6.07) is 16.9. The standard InChI is InChI=1S/C27H18ClF5N2O2/c28-19-7-9-24(34-14-19)26(17-4-2-1-3-5-17,18-11-20(29)13-21(36)12-18)15-35-25(37)16-6-8-23(30)22(10-16)27(31,32)33/h1-14,36H,15H2,(H,35,37). The number of carbonyl (C=O) groups excluding carboxylic acids is 1. The Balaban J connectivity index is 1.85. The van der Waals surface area contributed by atoms with Crippen LogP contribution in [0.3, 0.4) is 0 Å². The summed E-state index contributed by atoms with van der Waals surface area (Å²) in [5.41, 5.74) is -2.37. The van der Waals surface area contributed by atoms with Crippen LogP contribution in [0.15, 0.2) is 85.1 Å². The third kappa shape index (κ3) is 5.41. The van der Waals surface area contributed by atoms with Crippen molar-refractivity contribution in [1.82, 2.24) is 10.3 Å². The number of phenolic OH excluding ortho intramolecular Hbond substituents is 1. The Kier molecular flexibility index (Phi) is 7.18. The largest absolute Gasteiger partial charge is 0.508 e. The van der Waals surface area contributed by atoms with E-state index in [9.17, 15) is 31.9 Å². The smallest absolute Gasteiger partial charge is 0.419 e. The molecule has 1 unspecified atom stereocenters. The van der Waals surface area contributed by atoms with Gasteiger partial charge in [-0.2, -0.15) is 13.2 Å². The minimum atomic E-state index is -5.00. The van der Waals surface area contributed by atoms with Crippen LogP contribution >= 0.6 is 11.6 Å². The van der Waals surface area contributed by atoms with Gasteiger partial charge in [-0.25, -0.2) is 8.78 Å². The fourth-order valence-corrected chi connectivity index (χ4v) is 4.24. The van der Waals surface area contributed by atoms with Gasteiger partial charge in [0.05, 0.1) is 21.7 Å². The van der Waals surface area contributed by atoms with E-state index >= 15 is 0 Å². The lowest BCUT2D eigenvalue weighted by molar-refractivity contribution is -0.140. The number of alkyl halides is 3. The average Bonchev–Trinajstić information content (AvgIpc) is 2.85. The molecule has 0 fully saturated rings. The third-order valence-corrected chi connectivity index (χ3v) is 6.08. The summed E-state index contributed by atoms with van der Waals surface area (Å²) in [6.07, 6.45) is -3.65. The monoisotopic (exact) mass is 532 g/mol. The van der Waals surface area contributed by atoms with Crippen LogP contribution in [-0.4, -0.2) is 22.5 Å². The lowest BCUT2D eigenvalue weighted by atomic mass is 9.71. The fraction of sp³-hybridized carbons (Fsp3) is 0.111. The highest BCUT2D eigenvalue weighted by Gasteiger charge is 2.39. The first-order chi connectivity index (χ1) is 17.5. The molecule has 1 aromatic heterocycles. The first-order valence-corrected chi connectivity index (χ1v) is 11.2. The quantitative estimate of drug-likeness (QED) is 0.279. The molecule has 0 saturated carbocycles. The molecule has 37 heavy (non-hydrogen) atoms. The Morgan fingerprint density at radius 3 is 2.27 bits per heavy atom. The molecule has 0 saturated heterocycles. The van der Waals surface area contributed by atoms with E-state index in [2.05, 4.69) is 10.3 Å². The Labute approximate surface area is 213 Å². The number of rotatable bonds is 6. The predicted molar refractivity (Wildman–Crippen MR) is 127 cm³/mol. The fourth-order valence-electron chi connectivity index (χ4n) is 4.13. The number of aromatic nitrogens is 1. The van der Waals surface area contributed by atoms with E-state index in [0.29, 0.717) is 28.4 Å². The van der Waals surface area contributed by atoms with Crippen LogP contribution in [0.1, 0.15) is 32.7 Å². The number of carbonyl (C=O) groups is 1. The molecule has 1 amide bonds. The SMILES string of the molecule is O=C(NCC(c1ccccc1)(c1cc(O)cc(F)c1)c1ccc(Cl)cn1)c1ccc(F)c(C(F)(F)F)c1. The summed E-state index contributed by atoms with van der Waals surface area (Å²) in [5, 5.41) is 13.1. The second kappa shape index (κ2) is 10.2. The lowest BCUT2D eigenvalue weighted by Crippen LogP contribution is -2.43. The van der Waals surface area contributed by atoms with Gasteiger partial charge in [-0.1, -0.05) is 41.9 Å². The van der Waals surface area contributed by atoms with Crippen molar-refractivity contribution >= 4 is 17.5 Å². The van der Waals surface area contributed by atoms with Gasteiger partial charge in [0.25, 0.3) is 5.91 Å². The van der Waals surface area contributed by atoms with Crippen LogP contribution in [0.2, 0.25) is 5.02 Å². The van der Waals surface area contributed by atoms with E-state index in [1.54, 1.807) is 36.4 Å².